The number of alkyl halides is 2. The smallest absolute Gasteiger partial charge is 0.274 e. The molecule has 1 aliphatic carbocycles. The van der Waals surface area contributed by atoms with E-state index < -0.39 is 63.8 Å². The molecule has 0 bridgehead atoms. The number of carbonyl (C=O) groups is 1. The average Bonchev–Trinajstić information content (AvgIpc) is 2.75. The van der Waals surface area contributed by atoms with Crippen LogP contribution in [0.1, 0.15) is 35.3 Å². The molecule has 2 aliphatic rings. The van der Waals surface area contributed by atoms with E-state index in [1.165, 1.54) is 19.2 Å². The maximum absolute atomic E-state index is 15.1. The van der Waals surface area contributed by atoms with Gasteiger partial charge in [0.05, 0.1) is 11.7 Å². The molecule has 1 aromatic carbocycles. The van der Waals surface area contributed by atoms with Gasteiger partial charge in [0.2, 0.25) is 11.9 Å². The van der Waals surface area contributed by atoms with Crippen LogP contribution in [0.5, 0.6) is 0 Å². The van der Waals surface area contributed by atoms with Crippen molar-refractivity contribution in [3.8, 4) is 0 Å². The number of hydrogen-bond donors (Lipinski definition) is 5. The molecule has 4 rings (SSSR count). The Labute approximate surface area is 188 Å². The first-order valence-electron chi connectivity index (χ1n) is 9.84. The standard InChI is InChI=1S/C20H21F4N5O3S/c1-29-18(25)28-20(7-6-19(23,24)9-16(20)33(29,31)32)13-8-12(3-4-14(13)22)27-17(30)15-5-2-11(21)10-26-15/h2-5,8,10,16,31-32H,6-7,9H2,1H3,(H2,25,28)(H,27,30). The minimum Gasteiger partial charge on any atom is -0.344 e. The SMILES string of the molecule is CN1C(=N)NC2(c3cc(NC(=O)c4ccc(F)cn4)ccc3F)CCC(F)(F)CC2S1(O)O. The van der Waals surface area contributed by atoms with Crippen LogP contribution in [0, 0.1) is 17.0 Å². The lowest BCUT2D eigenvalue weighted by Crippen LogP contribution is -2.68. The molecule has 2 unspecified atom stereocenters. The summed E-state index contributed by atoms with van der Waals surface area (Å²) < 4.78 is 79.0. The van der Waals surface area contributed by atoms with E-state index in [0.29, 0.717) is 0 Å². The Kier molecular flexibility index (Phi) is 5.53. The largest absolute Gasteiger partial charge is 0.344 e. The highest BCUT2D eigenvalue weighted by molar-refractivity contribution is 8.23. The Morgan fingerprint density at radius 1 is 1.27 bits per heavy atom. The number of carbonyl (C=O) groups excluding carboxylic acids is 1. The van der Waals surface area contributed by atoms with Gasteiger partial charge in [0.25, 0.3) is 5.91 Å². The first-order chi connectivity index (χ1) is 15.4. The van der Waals surface area contributed by atoms with Gasteiger partial charge in [-0.05, 0) is 36.8 Å². The zero-order valence-corrected chi connectivity index (χ0v) is 18.1. The number of guanidine groups is 1. The molecule has 0 spiro atoms. The summed E-state index contributed by atoms with van der Waals surface area (Å²) in [5.41, 5.74) is -1.94. The van der Waals surface area contributed by atoms with Gasteiger partial charge < -0.3 is 10.6 Å². The van der Waals surface area contributed by atoms with E-state index in [1.54, 1.807) is 0 Å². The summed E-state index contributed by atoms with van der Waals surface area (Å²) >= 11 is 0. The van der Waals surface area contributed by atoms with Gasteiger partial charge in [-0.1, -0.05) is 0 Å². The Morgan fingerprint density at radius 3 is 2.67 bits per heavy atom. The van der Waals surface area contributed by atoms with Crippen molar-refractivity contribution in [2.45, 2.75) is 36.0 Å². The van der Waals surface area contributed by atoms with E-state index >= 15 is 4.39 Å². The van der Waals surface area contributed by atoms with Gasteiger partial charge >= 0.3 is 0 Å². The number of nitrogens with one attached hydrogen (secondary N) is 3. The quantitative estimate of drug-likeness (QED) is 0.415. The van der Waals surface area contributed by atoms with Crippen LogP contribution in [0.15, 0.2) is 36.5 Å². The minimum absolute atomic E-state index is 0.0803. The third-order valence-corrected chi connectivity index (χ3v) is 8.35. The van der Waals surface area contributed by atoms with Crippen LogP contribution in [0.2, 0.25) is 0 Å². The predicted octanol–water partition coefficient (Wildman–Crippen LogP) is 4.13. The maximum atomic E-state index is 15.1. The minimum atomic E-state index is -3.92. The van der Waals surface area contributed by atoms with Crippen LogP contribution >= 0.6 is 10.8 Å². The third kappa shape index (κ3) is 4.00. The number of benzene rings is 1. The summed E-state index contributed by atoms with van der Waals surface area (Å²) in [6, 6.07) is 5.65. The van der Waals surface area contributed by atoms with Crippen LogP contribution in [-0.2, 0) is 5.54 Å². The van der Waals surface area contributed by atoms with Gasteiger partial charge in [-0.2, -0.15) is 0 Å². The lowest BCUT2D eigenvalue weighted by molar-refractivity contribution is -0.0561. The predicted molar refractivity (Wildman–Crippen MR) is 114 cm³/mol. The van der Waals surface area contributed by atoms with Crippen LogP contribution in [0.3, 0.4) is 0 Å². The maximum Gasteiger partial charge on any atom is 0.274 e. The van der Waals surface area contributed by atoms with Crippen molar-refractivity contribution in [3.05, 3.63) is 59.4 Å². The van der Waals surface area contributed by atoms with Crippen LogP contribution in [0.25, 0.3) is 0 Å². The molecule has 5 N–H and O–H groups in total. The number of hydrogen-bond acceptors (Lipinski definition) is 5. The van der Waals surface area contributed by atoms with Gasteiger partial charge in [0, 0.05) is 31.1 Å². The zero-order valence-electron chi connectivity index (χ0n) is 17.3. The molecule has 1 aromatic heterocycles. The second kappa shape index (κ2) is 7.85. The Morgan fingerprint density at radius 2 is 2.00 bits per heavy atom. The van der Waals surface area contributed by atoms with E-state index in [0.717, 1.165) is 28.7 Å². The summed E-state index contributed by atoms with van der Waals surface area (Å²) in [7, 11) is -2.74. The highest BCUT2D eigenvalue weighted by Gasteiger charge is 2.61. The molecule has 2 heterocycles. The van der Waals surface area contributed by atoms with Crippen molar-refractivity contribution in [2.24, 2.45) is 0 Å². The number of fused-ring (bicyclic) bond motifs is 1. The van der Waals surface area contributed by atoms with Crippen molar-refractivity contribution >= 4 is 28.3 Å². The summed E-state index contributed by atoms with van der Waals surface area (Å²) in [5, 5.41) is 11.8. The van der Waals surface area contributed by atoms with Gasteiger partial charge in [0.1, 0.15) is 22.6 Å². The van der Waals surface area contributed by atoms with Crippen molar-refractivity contribution in [3.63, 3.8) is 0 Å². The molecule has 0 radical (unpaired) electrons. The van der Waals surface area contributed by atoms with Crippen molar-refractivity contribution in [1.82, 2.24) is 14.6 Å². The molecule has 8 nitrogen and oxygen atoms in total. The molecule has 2 fully saturated rings. The van der Waals surface area contributed by atoms with Crippen molar-refractivity contribution < 1.29 is 31.5 Å². The van der Waals surface area contributed by atoms with Crippen molar-refractivity contribution in [2.75, 3.05) is 12.4 Å². The molecule has 33 heavy (non-hydrogen) atoms. The van der Waals surface area contributed by atoms with E-state index in [9.17, 15) is 27.1 Å². The molecule has 2 atom stereocenters. The first kappa shape index (κ1) is 23.3. The van der Waals surface area contributed by atoms with E-state index in [2.05, 4.69) is 15.6 Å². The fourth-order valence-electron chi connectivity index (χ4n) is 4.25. The summed E-state index contributed by atoms with van der Waals surface area (Å²) in [4.78, 5) is 16.1. The van der Waals surface area contributed by atoms with Crippen LogP contribution in [-0.4, -0.2) is 48.5 Å². The number of amides is 1. The van der Waals surface area contributed by atoms with Gasteiger partial charge in [0.15, 0.2) is 0 Å². The molecule has 1 aliphatic heterocycles. The lowest BCUT2D eigenvalue weighted by atomic mass is 9.74. The second-order valence-electron chi connectivity index (χ2n) is 8.06. The summed E-state index contributed by atoms with van der Waals surface area (Å²) in [6.07, 6.45) is -1.13. The number of rotatable bonds is 3. The van der Waals surface area contributed by atoms with Crippen molar-refractivity contribution in [1.29, 1.82) is 5.41 Å². The molecular weight excluding hydrogens is 466 g/mol. The molecule has 13 heteroatoms. The summed E-state index contributed by atoms with van der Waals surface area (Å²) in [5.74, 6) is -5.85. The molecule has 178 valence electrons. The number of pyridine rings is 1. The molecule has 1 saturated carbocycles. The fourth-order valence-corrected chi connectivity index (χ4v) is 6.26. The molecular formula is C20H21F4N5O3S. The van der Waals surface area contributed by atoms with Crippen LogP contribution < -0.4 is 10.6 Å². The number of nitrogens with zero attached hydrogens (tertiary/aromatic N) is 2. The van der Waals surface area contributed by atoms with Gasteiger partial charge in [-0.3, -0.25) is 19.3 Å². The number of halogens is 4. The highest BCUT2D eigenvalue weighted by atomic mass is 32.3. The normalized spacial score (nSPS) is 26.7. The molecule has 1 amide bonds. The van der Waals surface area contributed by atoms with E-state index in [-0.39, 0.29) is 23.4 Å². The monoisotopic (exact) mass is 487 g/mol. The second-order valence-corrected chi connectivity index (χ2v) is 10.3. The molecule has 1 saturated heterocycles. The Balaban J connectivity index is 1.75. The lowest BCUT2D eigenvalue weighted by Gasteiger charge is -2.61. The Bertz CT molecular complexity index is 1120. The molecule has 2 aromatic rings. The first-order valence-corrected chi connectivity index (χ1v) is 11.4. The Hall–Kier alpha value is -2.90. The fraction of sp³-hybridized carbons (Fsp3) is 0.350. The highest BCUT2D eigenvalue weighted by Crippen LogP contribution is 2.63. The van der Waals surface area contributed by atoms with Crippen LogP contribution in [0.4, 0.5) is 23.2 Å². The third-order valence-electron chi connectivity index (χ3n) is 6.02. The topological polar surface area (TPSA) is 122 Å². The average molecular weight is 487 g/mol. The zero-order chi connectivity index (χ0) is 24.2. The van der Waals surface area contributed by atoms with Gasteiger partial charge in [-0.15, -0.1) is 10.8 Å². The number of anilines is 1. The van der Waals surface area contributed by atoms with Gasteiger partial charge in [-0.25, -0.2) is 26.9 Å². The summed E-state index contributed by atoms with van der Waals surface area (Å²) in [6.45, 7) is 0. The number of aromatic nitrogens is 1. The van der Waals surface area contributed by atoms with E-state index in [1.807, 2.05) is 0 Å². The van der Waals surface area contributed by atoms with E-state index in [4.69, 9.17) is 5.41 Å².